The normalized spacial score (nSPS) is 14.7. The van der Waals surface area contributed by atoms with Gasteiger partial charge in [0.25, 0.3) is 11.8 Å². The number of likely N-dealkylation sites (tertiary alicyclic amines) is 1. The number of rotatable bonds is 5. The van der Waals surface area contributed by atoms with Gasteiger partial charge in [0, 0.05) is 37.7 Å². The van der Waals surface area contributed by atoms with E-state index in [1.54, 1.807) is 24.3 Å². The molecule has 1 aromatic carbocycles. The molecule has 10 nitrogen and oxygen atoms in total. The van der Waals surface area contributed by atoms with Crippen LogP contribution in [-0.2, 0) is 11.2 Å². The average molecular weight is 409 g/mol. The van der Waals surface area contributed by atoms with Gasteiger partial charge in [0.2, 0.25) is 5.91 Å². The number of nitrogens with zero attached hydrogens (tertiary/aromatic N) is 6. The number of aryl methyl sites for hydroxylation is 1. The first-order valence-electron chi connectivity index (χ1n) is 9.95. The van der Waals surface area contributed by atoms with Crippen molar-refractivity contribution >= 4 is 17.5 Å². The van der Waals surface area contributed by atoms with Crippen molar-refractivity contribution in [2.24, 2.45) is 0 Å². The van der Waals surface area contributed by atoms with E-state index in [1.807, 2.05) is 22.7 Å². The summed E-state index contributed by atoms with van der Waals surface area (Å²) in [6.45, 7) is 4.62. The van der Waals surface area contributed by atoms with Gasteiger partial charge in [0.15, 0.2) is 11.5 Å². The van der Waals surface area contributed by atoms with Gasteiger partial charge in [-0.15, -0.1) is 5.10 Å². The van der Waals surface area contributed by atoms with Gasteiger partial charge in [0.05, 0.1) is 12.2 Å². The Morgan fingerprint density at radius 1 is 1.27 bits per heavy atom. The molecule has 0 radical (unpaired) electrons. The predicted molar refractivity (Wildman–Crippen MR) is 108 cm³/mol. The molecule has 2 amide bonds. The Kier molecular flexibility index (Phi) is 5.55. The zero-order valence-electron chi connectivity index (χ0n) is 16.9. The summed E-state index contributed by atoms with van der Waals surface area (Å²) in [5.41, 5.74) is 1.73. The van der Waals surface area contributed by atoms with Gasteiger partial charge in [-0.3, -0.25) is 9.59 Å². The molecule has 1 fully saturated rings. The molecule has 1 aliphatic rings. The molecule has 1 N–H and O–H groups in total. The number of nitrogens with one attached hydrogen (secondary N) is 1. The third kappa shape index (κ3) is 4.22. The summed E-state index contributed by atoms with van der Waals surface area (Å²) < 4.78 is 7.03. The zero-order valence-corrected chi connectivity index (χ0v) is 16.9. The molecule has 10 heteroatoms. The topological polar surface area (TPSA) is 119 Å². The number of hydrogen-bond donors (Lipinski definition) is 1. The first-order valence-corrected chi connectivity index (χ1v) is 9.95. The number of hydrogen-bond acceptors (Lipinski definition) is 7. The van der Waals surface area contributed by atoms with E-state index in [0.29, 0.717) is 48.2 Å². The molecule has 1 aliphatic heterocycles. The highest BCUT2D eigenvalue weighted by atomic mass is 16.5. The second-order valence-corrected chi connectivity index (χ2v) is 7.24. The fourth-order valence-electron chi connectivity index (χ4n) is 3.50. The molecule has 4 rings (SSSR count). The van der Waals surface area contributed by atoms with E-state index in [9.17, 15) is 9.59 Å². The van der Waals surface area contributed by atoms with Crippen molar-refractivity contribution in [1.82, 2.24) is 30.0 Å². The lowest BCUT2D eigenvalue weighted by atomic mass is 10.0. The number of anilines is 1. The van der Waals surface area contributed by atoms with Crippen LogP contribution in [0.2, 0.25) is 0 Å². The molecule has 0 aliphatic carbocycles. The number of benzene rings is 1. The number of carbonyl (C=O) groups is 2. The highest BCUT2D eigenvalue weighted by Gasteiger charge is 2.26. The Labute approximate surface area is 173 Å². The minimum absolute atomic E-state index is 0.0436. The maximum atomic E-state index is 12.9. The van der Waals surface area contributed by atoms with Crippen LogP contribution >= 0.6 is 0 Å². The van der Waals surface area contributed by atoms with Gasteiger partial charge >= 0.3 is 0 Å². The van der Waals surface area contributed by atoms with Crippen LogP contribution in [0.5, 0.6) is 0 Å². The van der Waals surface area contributed by atoms with Crippen molar-refractivity contribution < 1.29 is 14.1 Å². The van der Waals surface area contributed by atoms with Crippen LogP contribution in [0.3, 0.4) is 0 Å². The lowest BCUT2D eigenvalue weighted by Crippen LogP contribution is -2.39. The van der Waals surface area contributed by atoms with Gasteiger partial charge < -0.3 is 14.7 Å². The lowest BCUT2D eigenvalue weighted by Gasteiger charge is -2.32. The first-order chi connectivity index (χ1) is 14.5. The minimum atomic E-state index is -0.168. The summed E-state index contributed by atoms with van der Waals surface area (Å²) in [6, 6.07) is 7.14. The Morgan fingerprint density at radius 2 is 2.07 bits per heavy atom. The SMILES string of the molecule is CCc1noc(-c2cn(C3CCN(C(=O)c4cccc(NC(C)=O)c4)CC3)nn2)n1. The molecular weight excluding hydrogens is 386 g/mol. The van der Waals surface area contributed by atoms with Gasteiger partial charge in [-0.2, -0.15) is 4.98 Å². The molecule has 1 saturated heterocycles. The molecular formula is C20H23N7O3. The predicted octanol–water partition coefficient (Wildman–Crippen LogP) is 2.33. The molecule has 0 spiro atoms. The van der Waals surface area contributed by atoms with E-state index in [0.717, 1.165) is 12.8 Å². The van der Waals surface area contributed by atoms with Crippen molar-refractivity contribution in [2.45, 2.75) is 39.2 Å². The summed E-state index contributed by atoms with van der Waals surface area (Å²) in [4.78, 5) is 30.2. The van der Waals surface area contributed by atoms with Crippen LogP contribution in [-0.4, -0.2) is 54.9 Å². The maximum absolute atomic E-state index is 12.9. The fourth-order valence-corrected chi connectivity index (χ4v) is 3.50. The van der Waals surface area contributed by atoms with Crippen molar-refractivity contribution in [1.29, 1.82) is 0 Å². The van der Waals surface area contributed by atoms with E-state index in [-0.39, 0.29) is 17.9 Å². The Morgan fingerprint density at radius 3 is 2.77 bits per heavy atom. The molecule has 0 saturated carbocycles. The van der Waals surface area contributed by atoms with E-state index in [4.69, 9.17) is 4.52 Å². The molecule has 0 atom stereocenters. The smallest absolute Gasteiger partial charge is 0.280 e. The Hall–Kier alpha value is -3.56. The quantitative estimate of drug-likeness (QED) is 0.687. The number of piperidine rings is 1. The standard InChI is InChI=1S/C20H23N7O3/c1-3-18-22-19(30-24-18)17-12-27(25-23-17)16-7-9-26(10-8-16)20(29)14-5-4-6-15(11-14)21-13(2)28/h4-6,11-12,16H,3,7-10H2,1-2H3,(H,21,28). The summed E-state index contributed by atoms with van der Waals surface area (Å²) in [5, 5.41) is 14.9. The van der Waals surface area contributed by atoms with Crippen molar-refractivity contribution in [3.05, 3.63) is 41.9 Å². The van der Waals surface area contributed by atoms with E-state index in [2.05, 4.69) is 25.8 Å². The summed E-state index contributed by atoms with van der Waals surface area (Å²) in [6.07, 6.45) is 4.04. The number of aromatic nitrogens is 5. The molecule has 3 heterocycles. The fraction of sp³-hybridized carbons (Fsp3) is 0.400. The summed E-state index contributed by atoms with van der Waals surface area (Å²) >= 11 is 0. The molecule has 2 aromatic heterocycles. The largest absolute Gasteiger partial charge is 0.338 e. The highest BCUT2D eigenvalue weighted by Crippen LogP contribution is 2.25. The Balaban J connectivity index is 1.38. The molecule has 30 heavy (non-hydrogen) atoms. The van der Waals surface area contributed by atoms with Crippen molar-refractivity contribution in [3.63, 3.8) is 0 Å². The summed E-state index contributed by atoms with van der Waals surface area (Å²) in [5.74, 6) is 0.788. The van der Waals surface area contributed by atoms with Crippen LogP contribution in [0.4, 0.5) is 5.69 Å². The van der Waals surface area contributed by atoms with Crippen LogP contribution in [0.25, 0.3) is 11.6 Å². The van der Waals surface area contributed by atoms with E-state index < -0.39 is 0 Å². The van der Waals surface area contributed by atoms with E-state index in [1.165, 1.54) is 6.92 Å². The number of amides is 2. The molecule has 0 bridgehead atoms. The monoisotopic (exact) mass is 409 g/mol. The second kappa shape index (κ2) is 8.44. The third-order valence-electron chi connectivity index (χ3n) is 5.07. The van der Waals surface area contributed by atoms with Crippen LogP contribution in [0.1, 0.15) is 48.9 Å². The van der Waals surface area contributed by atoms with Gasteiger partial charge in [-0.25, -0.2) is 4.68 Å². The molecule has 3 aromatic rings. The van der Waals surface area contributed by atoms with Crippen molar-refractivity contribution in [2.75, 3.05) is 18.4 Å². The second-order valence-electron chi connectivity index (χ2n) is 7.24. The highest BCUT2D eigenvalue weighted by molar-refractivity contribution is 5.96. The lowest BCUT2D eigenvalue weighted by molar-refractivity contribution is -0.114. The van der Waals surface area contributed by atoms with Crippen LogP contribution < -0.4 is 5.32 Å². The third-order valence-corrected chi connectivity index (χ3v) is 5.07. The first kappa shape index (κ1) is 19.7. The minimum Gasteiger partial charge on any atom is -0.338 e. The van der Waals surface area contributed by atoms with Crippen LogP contribution in [0, 0.1) is 0 Å². The molecule has 156 valence electrons. The average Bonchev–Trinajstić information content (AvgIpc) is 3.42. The van der Waals surface area contributed by atoms with Crippen LogP contribution in [0.15, 0.2) is 35.0 Å². The zero-order chi connectivity index (χ0) is 21.1. The summed E-state index contributed by atoms with van der Waals surface area (Å²) in [7, 11) is 0. The van der Waals surface area contributed by atoms with Crippen molar-refractivity contribution in [3.8, 4) is 11.6 Å². The van der Waals surface area contributed by atoms with E-state index >= 15 is 0 Å². The molecule has 0 unspecified atom stereocenters. The van der Waals surface area contributed by atoms with Gasteiger partial charge in [-0.1, -0.05) is 23.4 Å². The Bertz CT molecular complexity index is 1050. The maximum Gasteiger partial charge on any atom is 0.280 e. The van der Waals surface area contributed by atoms with Gasteiger partial charge in [0.1, 0.15) is 0 Å². The number of carbonyl (C=O) groups excluding carboxylic acids is 2. The van der Waals surface area contributed by atoms with Gasteiger partial charge in [-0.05, 0) is 31.0 Å².